The first-order valence-electron chi connectivity index (χ1n) is 6.71. The van der Waals surface area contributed by atoms with E-state index in [1.165, 1.54) is 0 Å². The molecule has 20 heavy (non-hydrogen) atoms. The standard InChI is InChI=1S/C14H16ClN3OS/c15-12-2-1-3-13-11(12)10-16-18(13)5-4-14(19)17-6-8-20-9-7-17/h1-3,10H,4-9H2. The Balaban J connectivity index is 1.67. The van der Waals surface area contributed by atoms with E-state index < -0.39 is 0 Å². The van der Waals surface area contributed by atoms with Crippen molar-refractivity contribution in [2.24, 2.45) is 0 Å². The Morgan fingerprint density at radius 3 is 2.95 bits per heavy atom. The van der Waals surface area contributed by atoms with E-state index in [-0.39, 0.29) is 5.91 Å². The maximum absolute atomic E-state index is 12.1. The smallest absolute Gasteiger partial charge is 0.224 e. The first-order valence-corrected chi connectivity index (χ1v) is 8.24. The number of rotatable bonds is 3. The van der Waals surface area contributed by atoms with Gasteiger partial charge in [0.05, 0.1) is 23.3 Å². The van der Waals surface area contributed by atoms with Crippen LogP contribution in [0, 0.1) is 0 Å². The molecule has 0 radical (unpaired) electrons. The van der Waals surface area contributed by atoms with Gasteiger partial charge in [-0.15, -0.1) is 0 Å². The van der Waals surface area contributed by atoms with Crippen LogP contribution in [-0.2, 0) is 11.3 Å². The van der Waals surface area contributed by atoms with Crippen LogP contribution in [0.4, 0.5) is 0 Å². The van der Waals surface area contributed by atoms with E-state index in [0.717, 1.165) is 35.5 Å². The maximum atomic E-state index is 12.1. The molecule has 1 aromatic carbocycles. The predicted octanol–water partition coefficient (Wildman–Crippen LogP) is 2.66. The van der Waals surface area contributed by atoms with E-state index in [9.17, 15) is 4.79 Å². The third kappa shape index (κ3) is 2.79. The van der Waals surface area contributed by atoms with E-state index in [1.54, 1.807) is 6.20 Å². The van der Waals surface area contributed by atoms with Gasteiger partial charge in [0.2, 0.25) is 5.91 Å². The van der Waals surface area contributed by atoms with Crippen LogP contribution in [0.5, 0.6) is 0 Å². The molecule has 106 valence electrons. The predicted molar refractivity (Wildman–Crippen MR) is 83.3 cm³/mol. The zero-order valence-electron chi connectivity index (χ0n) is 11.1. The number of nitrogens with zero attached hydrogens (tertiary/aromatic N) is 3. The van der Waals surface area contributed by atoms with Crippen molar-refractivity contribution in [1.82, 2.24) is 14.7 Å². The summed E-state index contributed by atoms with van der Waals surface area (Å²) >= 11 is 8.03. The second kappa shape index (κ2) is 6.06. The number of carbonyl (C=O) groups is 1. The van der Waals surface area contributed by atoms with Crippen LogP contribution in [0.15, 0.2) is 24.4 Å². The van der Waals surface area contributed by atoms with Gasteiger partial charge < -0.3 is 4.90 Å². The lowest BCUT2D eigenvalue weighted by atomic mass is 10.2. The minimum atomic E-state index is 0.218. The van der Waals surface area contributed by atoms with Crippen molar-refractivity contribution in [2.45, 2.75) is 13.0 Å². The molecule has 0 saturated carbocycles. The Bertz CT molecular complexity index is 622. The largest absolute Gasteiger partial charge is 0.341 e. The average Bonchev–Trinajstić information content (AvgIpc) is 2.90. The molecule has 0 N–H and O–H groups in total. The highest BCUT2D eigenvalue weighted by molar-refractivity contribution is 7.99. The highest BCUT2D eigenvalue weighted by Crippen LogP contribution is 2.23. The number of aromatic nitrogens is 2. The van der Waals surface area contributed by atoms with Crippen molar-refractivity contribution >= 4 is 40.2 Å². The number of carbonyl (C=O) groups excluding carboxylic acids is 1. The number of amides is 1. The number of hydrogen-bond donors (Lipinski definition) is 0. The summed E-state index contributed by atoms with van der Waals surface area (Å²) in [6.07, 6.45) is 2.26. The molecule has 1 fully saturated rings. The Morgan fingerprint density at radius 1 is 1.35 bits per heavy atom. The van der Waals surface area contributed by atoms with Gasteiger partial charge in [0.25, 0.3) is 0 Å². The molecule has 4 nitrogen and oxygen atoms in total. The number of hydrogen-bond acceptors (Lipinski definition) is 3. The summed E-state index contributed by atoms with van der Waals surface area (Å²) < 4.78 is 1.86. The third-order valence-corrected chi connectivity index (χ3v) is 4.81. The summed E-state index contributed by atoms with van der Waals surface area (Å²) in [4.78, 5) is 14.1. The molecule has 0 bridgehead atoms. The highest BCUT2D eigenvalue weighted by atomic mass is 35.5. The molecule has 6 heteroatoms. The summed E-state index contributed by atoms with van der Waals surface area (Å²) in [6, 6.07) is 5.75. The number of benzene rings is 1. The van der Waals surface area contributed by atoms with Gasteiger partial charge in [-0.2, -0.15) is 16.9 Å². The fraction of sp³-hybridized carbons (Fsp3) is 0.429. The van der Waals surface area contributed by atoms with Crippen LogP contribution in [0.1, 0.15) is 6.42 Å². The highest BCUT2D eigenvalue weighted by Gasteiger charge is 2.16. The molecule has 3 rings (SSSR count). The molecule has 0 atom stereocenters. The molecular formula is C14H16ClN3OS. The first kappa shape index (κ1) is 13.8. The van der Waals surface area contributed by atoms with E-state index in [2.05, 4.69) is 5.10 Å². The van der Waals surface area contributed by atoms with Crippen LogP contribution in [-0.4, -0.2) is 45.2 Å². The lowest BCUT2D eigenvalue weighted by Crippen LogP contribution is -2.38. The normalized spacial score (nSPS) is 15.8. The number of thioether (sulfide) groups is 1. The van der Waals surface area contributed by atoms with E-state index >= 15 is 0 Å². The molecule has 1 amide bonds. The average molecular weight is 310 g/mol. The van der Waals surface area contributed by atoms with Crippen LogP contribution in [0.2, 0.25) is 5.02 Å². The molecule has 2 aromatic rings. The van der Waals surface area contributed by atoms with Gasteiger partial charge in [0.1, 0.15) is 0 Å². The van der Waals surface area contributed by atoms with Crippen molar-refractivity contribution in [3.8, 4) is 0 Å². The Labute approximate surface area is 127 Å². The Hall–Kier alpha value is -1.20. The van der Waals surface area contributed by atoms with Gasteiger partial charge in [-0.05, 0) is 12.1 Å². The molecule has 1 aromatic heterocycles. The van der Waals surface area contributed by atoms with Gasteiger partial charge in [0, 0.05) is 36.4 Å². The second-order valence-corrected chi connectivity index (χ2v) is 6.42. The Kier molecular flexibility index (Phi) is 4.17. The van der Waals surface area contributed by atoms with E-state index in [1.807, 2.05) is 39.5 Å². The Morgan fingerprint density at radius 2 is 2.15 bits per heavy atom. The SMILES string of the molecule is O=C(CCn1ncc2c(Cl)cccc21)N1CCSCC1. The van der Waals surface area contributed by atoms with Gasteiger partial charge in [-0.25, -0.2) is 0 Å². The molecule has 0 aliphatic carbocycles. The minimum Gasteiger partial charge on any atom is -0.341 e. The first-order chi connectivity index (χ1) is 9.75. The topological polar surface area (TPSA) is 38.1 Å². The van der Waals surface area contributed by atoms with Crippen LogP contribution >= 0.6 is 23.4 Å². The molecule has 0 spiro atoms. The van der Waals surface area contributed by atoms with Crippen LogP contribution in [0.25, 0.3) is 10.9 Å². The molecular weight excluding hydrogens is 294 g/mol. The number of aryl methyl sites for hydroxylation is 1. The second-order valence-electron chi connectivity index (χ2n) is 4.78. The van der Waals surface area contributed by atoms with Gasteiger partial charge in [-0.1, -0.05) is 17.7 Å². The van der Waals surface area contributed by atoms with Crippen molar-refractivity contribution in [3.05, 3.63) is 29.4 Å². The maximum Gasteiger partial charge on any atom is 0.224 e. The molecule has 1 aliphatic rings. The lowest BCUT2D eigenvalue weighted by molar-refractivity contribution is -0.131. The quantitative estimate of drug-likeness (QED) is 0.875. The van der Waals surface area contributed by atoms with Gasteiger partial charge >= 0.3 is 0 Å². The van der Waals surface area contributed by atoms with Crippen molar-refractivity contribution in [2.75, 3.05) is 24.6 Å². The summed E-state index contributed by atoms with van der Waals surface area (Å²) in [7, 11) is 0. The van der Waals surface area contributed by atoms with Crippen molar-refractivity contribution in [1.29, 1.82) is 0 Å². The third-order valence-electron chi connectivity index (χ3n) is 3.54. The number of halogens is 1. The number of fused-ring (bicyclic) bond motifs is 1. The van der Waals surface area contributed by atoms with Crippen molar-refractivity contribution in [3.63, 3.8) is 0 Å². The van der Waals surface area contributed by atoms with Gasteiger partial charge in [-0.3, -0.25) is 9.48 Å². The minimum absolute atomic E-state index is 0.218. The summed E-state index contributed by atoms with van der Waals surface area (Å²) in [5, 5.41) is 5.97. The van der Waals surface area contributed by atoms with E-state index in [0.29, 0.717) is 18.0 Å². The van der Waals surface area contributed by atoms with Crippen molar-refractivity contribution < 1.29 is 4.79 Å². The molecule has 2 heterocycles. The summed E-state index contributed by atoms with van der Waals surface area (Å²) in [6.45, 7) is 2.34. The van der Waals surface area contributed by atoms with Crippen LogP contribution in [0.3, 0.4) is 0 Å². The molecule has 1 saturated heterocycles. The fourth-order valence-electron chi connectivity index (χ4n) is 2.42. The van der Waals surface area contributed by atoms with Crippen LogP contribution < -0.4 is 0 Å². The zero-order chi connectivity index (χ0) is 13.9. The monoisotopic (exact) mass is 309 g/mol. The summed E-state index contributed by atoms with van der Waals surface area (Å²) in [5.41, 5.74) is 0.986. The fourth-order valence-corrected chi connectivity index (χ4v) is 3.54. The molecule has 0 unspecified atom stereocenters. The zero-order valence-corrected chi connectivity index (χ0v) is 12.7. The van der Waals surface area contributed by atoms with E-state index in [4.69, 9.17) is 11.6 Å². The van der Waals surface area contributed by atoms with Gasteiger partial charge in [0.15, 0.2) is 0 Å². The summed E-state index contributed by atoms with van der Waals surface area (Å²) in [5.74, 6) is 2.31. The lowest BCUT2D eigenvalue weighted by Gasteiger charge is -2.26. The molecule has 1 aliphatic heterocycles.